The molecule has 4 bridgehead atoms. The summed E-state index contributed by atoms with van der Waals surface area (Å²) >= 11 is 0. The van der Waals surface area contributed by atoms with Crippen molar-refractivity contribution in [1.29, 1.82) is 0 Å². The van der Waals surface area contributed by atoms with E-state index < -0.39 is 5.41 Å². The highest BCUT2D eigenvalue weighted by atomic mass is 16.5. The first-order valence-corrected chi connectivity index (χ1v) is 12.5. The van der Waals surface area contributed by atoms with Crippen LogP contribution in [-0.4, -0.2) is 47.3 Å². The van der Waals surface area contributed by atoms with Gasteiger partial charge in [0.2, 0.25) is 11.8 Å². The predicted octanol–water partition coefficient (Wildman–Crippen LogP) is 2.80. The van der Waals surface area contributed by atoms with Crippen LogP contribution >= 0.6 is 0 Å². The minimum absolute atomic E-state index is 0.113. The summed E-state index contributed by atoms with van der Waals surface area (Å²) in [5.41, 5.74) is 5.18. The molecular formula is C25H39N5O3. The molecule has 4 aliphatic carbocycles. The number of carbonyl (C=O) groups excluding carboxylic acids is 2. The Morgan fingerprint density at radius 1 is 1.21 bits per heavy atom. The maximum atomic E-state index is 13.3. The predicted molar refractivity (Wildman–Crippen MR) is 127 cm³/mol. The standard InChI is InChI=1S/C25H39N5O3/c1-4-9-33-23-20(15-28-30(23)8-5-25(2,3)24(32)27-7-6-26)22(31)29-21-18-11-16-10-17(13-18)14-19(21)12-16/h5,8,15-19,21H,4,6-7,9-14,26H2,1-3H3,(H,27,32)(H,29,31). The Labute approximate surface area is 196 Å². The zero-order chi connectivity index (χ0) is 23.6. The molecule has 4 aliphatic rings. The molecule has 5 rings (SSSR count). The fourth-order valence-electron chi connectivity index (χ4n) is 6.09. The third kappa shape index (κ3) is 5.10. The van der Waals surface area contributed by atoms with Crippen LogP contribution < -0.4 is 21.1 Å². The van der Waals surface area contributed by atoms with Gasteiger partial charge < -0.3 is 21.1 Å². The van der Waals surface area contributed by atoms with Gasteiger partial charge in [-0.25, -0.2) is 4.68 Å². The molecule has 0 unspecified atom stereocenters. The number of rotatable bonds is 10. The molecule has 4 saturated carbocycles. The molecule has 1 aromatic rings. The van der Waals surface area contributed by atoms with E-state index in [9.17, 15) is 9.59 Å². The van der Waals surface area contributed by atoms with Crippen LogP contribution in [0.5, 0.6) is 5.88 Å². The van der Waals surface area contributed by atoms with Gasteiger partial charge in [-0.3, -0.25) is 9.59 Å². The molecule has 2 amide bonds. The van der Waals surface area contributed by atoms with E-state index in [1.807, 2.05) is 20.8 Å². The van der Waals surface area contributed by atoms with Crippen molar-refractivity contribution in [3.63, 3.8) is 0 Å². The lowest BCUT2D eigenvalue weighted by Gasteiger charge is -2.54. The van der Waals surface area contributed by atoms with E-state index in [0.29, 0.717) is 43.0 Å². The number of hydrogen-bond acceptors (Lipinski definition) is 5. The minimum Gasteiger partial charge on any atom is -0.477 e. The van der Waals surface area contributed by atoms with Crippen LogP contribution in [0.4, 0.5) is 0 Å². The number of amides is 2. The summed E-state index contributed by atoms with van der Waals surface area (Å²) in [6, 6.07) is 0.258. The van der Waals surface area contributed by atoms with Crippen LogP contribution in [0.15, 0.2) is 12.3 Å². The zero-order valence-electron chi connectivity index (χ0n) is 20.2. The highest BCUT2D eigenvalue weighted by molar-refractivity contribution is 5.96. The Morgan fingerprint density at radius 3 is 2.48 bits per heavy atom. The van der Waals surface area contributed by atoms with E-state index in [4.69, 9.17) is 10.5 Å². The van der Waals surface area contributed by atoms with E-state index in [2.05, 4.69) is 15.7 Å². The van der Waals surface area contributed by atoms with Crippen molar-refractivity contribution < 1.29 is 14.3 Å². The van der Waals surface area contributed by atoms with Crippen molar-refractivity contribution in [3.05, 3.63) is 17.8 Å². The molecule has 0 saturated heterocycles. The topological polar surface area (TPSA) is 111 Å². The summed E-state index contributed by atoms with van der Waals surface area (Å²) in [5.74, 6) is 3.13. The van der Waals surface area contributed by atoms with Gasteiger partial charge in [-0.15, -0.1) is 0 Å². The molecule has 8 nitrogen and oxygen atoms in total. The molecule has 0 atom stereocenters. The van der Waals surface area contributed by atoms with E-state index in [1.54, 1.807) is 23.2 Å². The lowest BCUT2D eigenvalue weighted by molar-refractivity contribution is -0.127. The molecule has 8 heteroatoms. The van der Waals surface area contributed by atoms with Crippen LogP contribution in [0.3, 0.4) is 0 Å². The number of aromatic nitrogens is 2. The van der Waals surface area contributed by atoms with Gasteiger partial charge in [0.05, 0.1) is 18.2 Å². The quantitative estimate of drug-likeness (QED) is 0.500. The molecule has 4 fully saturated rings. The van der Waals surface area contributed by atoms with E-state index in [-0.39, 0.29) is 17.9 Å². The molecule has 0 aliphatic heterocycles. The summed E-state index contributed by atoms with van der Waals surface area (Å²) in [6.07, 6.45) is 12.3. The number of nitrogens with one attached hydrogen (secondary N) is 2. The summed E-state index contributed by atoms with van der Waals surface area (Å²) < 4.78 is 7.50. The first-order valence-electron chi connectivity index (χ1n) is 12.5. The van der Waals surface area contributed by atoms with Gasteiger partial charge in [0.25, 0.3) is 5.91 Å². The molecule has 0 spiro atoms. The van der Waals surface area contributed by atoms with Crippen molar-refractivity contribution in [3.8, 4) is 5.88 Å². The minimum atomic E-state index is -0.758. The normalized spacial score (nSPS) is 28.3. The van der Waals surface area contributed by atoms with Crippen molar-refractivity contribution in [1.82, 2.24) is 20.4 Å². The van der Waals surface area contributed by atoms with Crippen LogP contribution in [0.1, 0.15) is 69.7 Å². The summed E-state index contributed by atoms with van der Waals surface area (Å²) in [5, 5.41) is 10.6. The van der Waals surface area contributed by atoms with E-state index >= 15 is 0 Å². The van der Waals surface area contributed by atoms with Crippen molar-refractivity contribution >= 4 is 18.0 Å². The number of ether oxygens (including phenoxy) is 1. The van der Waals surface area contributed by atoms with Gasteiger partial charge in [-0.1, -0.05) is 13.0 Å². The molecule has 182 valence electrons. The molecule has 0 aromatic carbocycles. The Balaban J connectivity index is 1.49. The second-order valence-corrected chi connectivity index (χ2v) is 10.7. The summed E-state index contributed by atoms with van der Waals surface area (Å²) in [7, 11) is 0. The smallest absolute Gasteiger partial charge is 0.258 e. The first-order chi connectivity index (χ1) is 15.8. The maximum Gasteiger partial charge on any atom is 0.258 e. The van der Waals surface area contributed by atoms with Gasteiger partial charge in [-0.05, 0) is 76.0 Å². The molecule has 1 aromatic heterocycles. The van der Waals surface area contributed by atoms with Crippen LogP contribution in [-0.2, 0) is 4.79 Å². The third-order valence-corrected chi connectivity index (χ3v) is 7.61. The van der Waals surface area contributed by atoms with Gasteiger partial charge in [0.1, 0.15) is 5.56 Å². The Bertz CT molecular complexity index is 863. The highest BCUT2D eigenvalue weighted by Crippen LogP contribution is 2.53. The molecular weight excluding hydrogens is 418 g/mol. The van der Waals surface area contributed by atoms with Crippen molar-refractivity contribution in [2.75, 3.05) is 19.7 Å². The van der Waals surface area contributed by atoms with Gasteiger partial charge in [0, 0.05) is 25.3 Å². The average molecular weight is 458 g/mol. The number of nitrogens with zero attached hydrogens (tertiary/aromatic N) is 2. The second-order valence-electron chi connectivity index (χ2n) is 10.7. The van der Waals surface area contributed by atoms with Gasteiger partial charge in [-0.2, -0.15) is 5.10 Å². The Morgan fingerprint density at radius 2 is 1.88 bits per heavy atom. The molecule has 4 N–H and O–H groups in total. The maximum absolute atomic E-state index is 13.3. The van der Waals surface area contributed by atoms with Crippen LogP contribution in [0, 0.1) is 29.1 Å². The third-order valence-electron chi connectivity index (χ3n) is 7.61. The Hall–Kier alpha value is -2.35. The highest BCUT2D eigenvalue weighted by Gasteiger charge is 2.48. The first kappa shape index (κ1) is 23.8. The lowest BCUT2D eigenvalue weighted by Crippen LogP contribution is -2.55. The summed E-state index contributed by atoms with van der Waals surface area (Å²) in [6.45, 7) is 6.98. The molecule has 1 heterocycles. The number of nitrogens with two attached hydrogens (primary N) is 1. The SMILES string of the molecule is CCCOc1c(C(=O)NC2C3CC4CC(C3)CC2C4)cnn1C=CC(C)(C)C(=O)NCCN. The second kappa shape index (κ2) is 9.87. The average Bonchev–Trinajstić information content (AvgIpc) is 3.19. The van der Waals surface area contributed by atoms with E-state index in [0.717, 1.165) is 18.3 Å². The monoisotopic (exact) mass is 457 g/mol. The number of carbonyl (C=O) groups is 2. The fraction of sp³-hybridized carbons (Fsp3) is 0.720. The van der Waals surface area contributed by atoms with Crippen molar-refractivity contribution in [2.24, 2.45) is 34.8 Å². The van der Waals surface area contributed by atoms with E-state index in [1.165, 1.54) is 32.1 Å². The fourth-order valence-corrected chi connectivity index (χ4v) is 6.09. The van der Waals surface area contributed by atoms with Gasteiger partial charge >= 0.3 is 0 Å². The largest absolute Gasteiger partial charge is 0.477 e. The lowest BCUT2D eigenvalue weighted by atomic mass is 9.54. The zero-order valence-corrected chi connectivity index (χ0v) is 20.2. The van der Waals surface area contributed by atoms with Crippen LogP contribution in [0.25, 0.3) is 6.20 Å². The molecule has 0 radical (unpaired) electrons. The van der Waals surface area contributed by atoms with Gasteiger partial charge in [0.15, 0.2) is 0 Å². The molecule has 33 heavy (non-hydrogen) atoms. The summed E-state index contributed by atoms with van der Waals surface area (Å²) in [4.78, 5) is 25.7. The van der Waals surface area contributed by atoms with Crippen molar-refractivity contribution in [2.45, 2.75) is 65.3 Å². The number of hydrogen-bond donors (Lipinski definition) is 3. The van der Waals surface area contributed by atoms with Crippen LogP contribution in [0.2, 0.25) is 0 Å². The Kier molecular flexibility index (Phi) is 7.12.